The summed E-state index contributed by atoms with van der Waals surface area (Å²) >= 11 is 6.32. The number of carbonyl (C=O) groups excluding carboxylic acids is 2. The Kier molecular flexibility index (Phi) is 11.8. The van der Waals surface area contributed by atoms with Crippen LogP contribution in [0.4, 0.5) is 5.69 Å². The van der Waals surface area contributed by atoms with Gasteiger partial charge in [-0.3, -0.25) is 13.9 Å². The minimum absolute atomic E-state index is 0.0218. The van der Waals surface area contributed by atoms with E-state index >= 15 is 0 Å². The van der Waals surface area contributed by atoms with Crippen LogP contribution in [0, 0.1) is 6.92 Å². The van der Waals surface area contributed by atoms with Crippen LogP contribution < -0.4 is 14.4 Å². The van der Waals surface area contributed by atoms with E-state index in [0.717, 1.165) is 15.4 Å². The van der Waals surface area contributed by atoms with E-state index in [9.17, 15) is 18.0 Å². The van der Waals surface area contributed by atoms with Crippen molar-refractivity contribution in [2.45, 2.75) is 57.1 Å². The SMILES string of the molecule is CC[C@@H](C)NC(=O)[C@@H](Cc1ccccc1)N(Cc1cccc(Cl)c1)C(=O)CN(c1ccccc1OC)S(=O)(=O)c1ccc(C)cc1. The van der Waals surface area contributed by atoms with E-state index < -0.39 is 28.5 Å². The molecule has 2 amide bonds. The van der Waals surface area contributed by atoms with Gasteiger partial charge in [0.2, 0.25) is 11.8 Å². The van der Waals surface area contributed by atoms with Crippen LogP contribution in [0.5, 0.6) is 5.75 Å². The molecule has 0 heterocycles. The molecule has 4 rings (SSSR count). The molecular formula is C36H40ClN3O5S. The number of ether oxygens (including phenoxy) is 1. The van der Waals surface area contributed by atoms with Crippen molar-refractivity contribution < 1.29 is 22.7 Å². The van der Waals surface area contributed by atoms with Crippen LogP contribution in [0.1, 0.15) is 37.0 Å². The number of nitrogens with one attached hydrogen (secondary N) is 1. The Morgan fingerprint density at radius 2 is 1.54 bits per heavy atom. The van der Waals surface area contributed by atoms with Gasteiger partial charge < -0.3 is 15.0 Å². The number of anilines is 1. The van der Waals surface area contributed by atoms with Gasteiger partial charge in [0, 0.05) is 24.0 Å². The Morgan fingerprint density at radius 3 is 2.20 bits per heavy atom. The maximum atomic E-state index is 14.6. The van der Waals surface area contributed by atoms with Crippen molar-refractivity contribution in [2.75, 3.05) is 18.0 Å². The standard InChI is InChI=1S/C36H40ClN3O5S/c1-5-27(3)38-36(42)33(23-28-12-7-6-8-13-28)39(24-29-14-11-15-30(37)22-29)35(41)25-40(32-16-9-10-17-34(32)45-4)46(43,44)31-20-18-26(2)19-21-31/h6-22,27,33H,5,23-25H2,1-4H3,(H,38,42)/t27-,33-/m1/s1. The average Bonchev–Trinajstić information content (AvgIpc) is 3.05. The number of para-hydroxylation sites is 2. The fraction of sp³-hybridized carbons (Fsp3) is 0.278. The van der Waals surface area contributed by atoms with Gasteiger partial charge in [0.1, 0.15) is 18.3 Å². The summed E-state index contributed by atoms with van der Waals surface area (Å²) < 4.78 is 35.1. The molecule has 0 aliphatic heterocycles. The number of amides is 2. The third kappa shape index (κ3) is 8.68. The van der Waals surface area contributed by atoms with Crippen LogP contribution in [0.25, 0.3) is 0 Å². The predicted molar refractivity (Wildman–Crippen MR) is 183 cm³/mol. The number of sulfonamides is 1. The minimum atomic E-state index is -4.26. The normalized spacial score (nSPS) is 12.5. The predicted octanol–water partition coefficient (Wildman–Crippen LogP) is 6.41. The number of rotatable bonds is 14. The second kappa shape index (κ2) is 15.8. The Hall–Kier alpha value is -4.34. The highest BCUT2D eigenvalue weighted by atomic mass is 35.5. The van der Waals surface area contributed by atoms with E-state index in [4.69, 9.17) is 16.3 Å². The summed E-state index contributed by atoms with van der Waals surface area (Å²) in [6.45, 7) is 5.17. The number of aryl methyl sites for hydroxylation is 1. The third-order valence-electron chi connectivity index (χ3n) is 7.76. The van der Waals surface area contributed by atoms with Gasteiger partial charge in [0.25, 0.3) is 10.0 Å². The third-order valence-corrected chi connectivity index (χ3v) is 9.76. The number of hydrogen-bond donors (Lipinski definition) is 1. The smallest absolute Gasteiger partial charge is 0.264 e. The zero-order valence-corrected chi connectivity index (χ0v) is 28.1. The number of methoxy groups -OCH3 is 1. The van der Waals surface area contributed by atoms with E-state index in [2.05, 4.69) is 5.32 Å². The Balaban J connectivity index is 1.84. The van der Waals surface area contributed by atoms with Gasteiger partial charge in [-0.05, 0) is 67.8 Å². The molecular weight excluding hydrogens is 622 g/mol. The summed E-state index contributed by atoms with van der Waals surface area (Å²) in [4.78, 5) is 30.0. The van der Waals surface area contributed by atoms with Crippen molar-refractivity contribution in [3.8, 4) is 5.75 Å². The number of carbonyl (C=O) groups is 2. The number of hydrogen-bond acceptors (Lipinski definition) is 5. The van der Waals surface area contributed by atoms with Gasteiger partial charge in [-0.2, -0.15) is 0 Å². The van der Waals surface area contributed by atoms with E-state index in [1.165, 1.54) is 24.1 Å². The summed E-state index contributed by atoms with van der Waals surface area (Å²) in [6.07, 6.45) is 0.914. The molecule has 0 saturated heterocycles. The van der Waals surface area contributed by atoms with Crippen LogP contribution >= 0.6 is 11.6 Å². The second-order valence-corrected chi connectivity index (χ2v) is 13.5. The average molecular weight is 662 g/mol. The van der Waals surface area contributed by atoms with Gasteiger partial charge >= 0.3 is 0 Å². The Labute approximate surface area is 277 Å². The van der Waals surface area contributed by atoms with Crippen molar-refractivity contribution >= 4 is 39.1 Å². The molecule has 0 aromatic heterocycles. The molecule has 10 heteroatoms. The summed E-state index contributed by atoms with van der Waals surface area (Å²) in [6, 6.07) is 28.5. The van der Waals surface area contributed by atoms with E-state index in [1.54, 1.807) is 54.6 Å². The molecule has 242 valence electrons. The maximum Gasteiger partial charge on any atom is 0.264 e. The minimum Gasteiger partial charge on any atom is -0.495 e. The molecule has 0 unspecified atom stereocenters. The van der Waals surface area contributed by atoms with E-state index in [1.807, 2.05) is 57.2 Å². The first-order chi connectivity index (χ1) is 22.0. The molecule has 1 N–H and O–H groups in total. The lowest BCUT2D eigenvalue weighted by Gasteiger charge is -2.34. The molecule has 0 radical (unpaired) electrons. The van der Waals surface area contributed by atoms with Crippen molar-refractivity contribution in [3.63, 3.8) is 0 Å². The van der Waals surface area contributed by atoms with Crippen LogP contribution in [0.2, 0.25) is 5.02 Å². The monoisotopic (exact) mass is 661 g/mol. The molecule has 8 nitrogen and oxygen atoms in total. The van der Waals surface area contributed by atoms with E-state index in [-0.39, 0.29) is 41.2 Å². The summed E-state index contributed by atoms with van der Waals surface area (Å²) in [5.41, 5.74) is 2.64. The van der Waals surface area contributed by atoms with E-state index in [0.29, 0.717) is 17.0 Å². The van der Waals surface area contributed by atoms with Crippen molar-refractivity contribution in [1.82, 2.24) is 10.2 Å². The lowest BCUT2D eigenvalue weighted by molar-refractivity contribution is -0.140. The lowest BCUT2D eigenvalue weighted by Crippen LogP contribution is -2.54. The highest BCUT2D eigenvalue weighted by Crippen LogP contribution is 2.33. The first kappa shape index (κ1) is 34.5. The number of halogens is 1. The van der Waals surface area contributed by atoms with Crippen molar-refractivity contribution in [2.24, 2.45) is 0 Å². The summed E-state index contributed by atoms with van der Waals surface area (Å²) in [5.74, 6) is -0.622. The Bertz CT molecular complexity index is 1730. The second-order valence-electron chi connectivity index (χ2n) is 11.2. The number of benzene rings is 4. The first-order valence-corrected chi connectivity index (χ1v) is 17.0. The van der Waals surface area contributed by atoms with Gasteiger partial charge in [0.05, 0.1) is 17.7 Å². The highest BCUT2D eigenvalue weighted by molar-refractivity contribution is 7.92. The molecule has 0 aliphatic carbocycles. The first-order valence-electron chi connectivity index (χ1n) is 15.1. The lowest BCUT2D eigenvalue weighted by atomic mass is 10.0. The van der Waals surface area contributed by atoms with Crippen LogP contribution in [0.15, 0.2) is 108 Å². The molecule has 0 aliphatic rings. The molecule has 0 spiro atoms. The topological polar surface area (TPSA) is 96.0 Å². The fourth-order valence-electron chi connectivity index (χ4n) is 5.01. The molecule has 0 fully saturated rings. The van der Waals surface area contributed by atoms with Crippen LogP contribution in [-0.4, -0.2) is 50.9 Å². The fourth-order valence-corrected chi connectivity index (χ4v) is 6.65. The maximum absolute atomic E-state index is 14.6. The van der Waals surface area contributed by atoms with Gasteiger partial charge in [-0.1, -0.05) is 90.8 Å². The number of nitrogens with zero attached hydrogens (tertiary/aromatic N) is 2. The molecule has 2 atom stereocenters. The van der Waals surface area contributed by atoms with Crippen molar-refractivity contribution in [3.05, 3.63) is 125 Å². The molecule has 0 saturated carbocycles. The van der Waals surface area contributed by atoms with Gasteiger partial charge in [-0.25, -0.2) is 8.42 Å². The largest absolute Gasteiger partial charge is 0.495 e. The zero-order valence-electron chi connectivity index (χ0n) is 26.5. The molecule has 4 aromatic carbocycles. The summed E-state index contributed by atoms with van der Waals surface area (Å²) in [7, 11) is -2.81. The Morgan fingerprint density at radius 1 is 0.891 bits per heavy atom. The zero-order chi connectivity index (χ0) is 33.3. The van der Waals surface area contributed by atoms with Crippen molar-refractivity contribution in [1.29, 1.82) is 0 Å². The van der Waals surface area contributed by atoms with Gasteiger partial charge in [-0.15, -0.1) is 0 Å². The quantitative estimate of drug-likeness (QED) is 0.169. The molecule has 46 heavy (non-hydrogen) atoms. The van der Waals surface area contributed by atoms with Gasteiger partial charge in [0.15, 0.2) is 0 Å². The van der Waals surface area contributed by atoms with Crippen LogP contribution in [-0.2, 0) is 32.6 Å². The molecule has 4 aromatic rings. The van der Waals surface area contributed by atoms with Crippen LogP contribution in [0.3, 0.4) is 0 Å². The summed E-state index contributed by atoms with van der Waals surface area (Å²) in [5, 5.41) is 3.51. The highest BCUT2D eigenvalue weighted by Gasteiger charge is 2.35. The molecule has 0 bridgehead atoms.